The Kier molecular flexibility index (Phi) is 5.43. The molecule has 0 aliphatic carbocycles. The van der Waals surface area contributed by atoms with E-state index >= 15 is 0 Å². The van der Waals surface area contributed by atoms with E-state index in [4.69, 9.17) is 10.0 Å². The lowest BCUT2D eigenvalue weighted by Crippen LogP contribution is -2.36. The van der Waals surface area contributed by atoms with E-state index < -0.39 is 22.0 Å². The molecule has 1 aromatic carbocycles. The number of aliphatic hydroxyl groups excluding tert-OH is 1. The van der Waals surface area contributed by atoms with E-state index in [0.29, 0.717) is 29.8 Å². The standard InChI is InChI=1S/C18H23FN6O2S/c1-10(2)15-7-5-13-16(25(3)23-18(13)28(21,27)24-15)17(26)22-12-4-6-14(19)11(8-12)9-20/h4,6,8,10,15,17,22,26H,5,7H2,1-3H3,(H2,21,24,27)/t15-,17?,28?/m1/s1. The number of nitrogens with one attached hydrogen (secondary N) is 3. The molecule has 0 radical (unpaired) electrons. The third kappa shape index (κ3) is 3.73. The van der Waals surface area contributed by atoms with E-state index in [-0.39, 0.29) is 22.5 Å². The number of aromatic nitrogens is 2. The molecule has 1 aliphatic rings. The first-order valence-electron chi connectivity index (χ1n) is 8.90. The van der Waals surface area contributed by atoms with Crippen LogP contribution < -0.4 is 10.0 Å². The van der Waals surface area contributed by atoms with Crippen molar-refractivity contribution >= 4 is 15.6 Å². The Morgan fingerprint density at radius 2 is 2.25 bits per heavy atom. The van der Waals surface area contributed by atoms with Crippen molar-refractivity contribution in [3.05, 3.63) is 40.8 Å². The van der Waals surface area contributed by atoms with Gasteiger partial charge in [0.1, 0.15) is 11.9 Å². The molecular weight excluding hydrogens is 383 g/mol. The van der Waals surface area contributed by atoms with Gasteiger partial charge in [0.25, 0.3) is 0 Å². The average molecular weight is 406 g/mol. The van der Waals surface area contributed by atoms with Crippen molar-refractivity contribution in [1.82, 2.24) is 14.5 Å². The van der Waals surface area contributed by atoms with Gasteiger partial charge in [0.15, 0.2) is 21.2 Å². The third-order valence-corrected chi connectivity index (χ3v) is 6.41. The predicted octanol–water partition coefficient (Wildman–Crippen LogP) is 2.41. The van der Waals surface area contributed by atoms with E-state index in [1.807, 2.05) is 13.8 Å². The van der Waals surface area contributed by atoms with Crippen molar-refractivity contribution in [3.8, 4) is 6.07 Å². The number of aliphatic hydroxyl groups is 1. The van der Waals surface area contributed by atoms with Crippen LogP contribution in [0.1, 0.15) is 43.3 Å². The topological polar surface area (TPSA) is 127 Å². The maximum Gasteiger partial charge on any atom is 0.175 e. The molecule has 2 unspecified atom stereocenters. The van der Waals surface area contributed by atoms with Gasteiger partial charge in [-0.1, -0.05) is 13.8 Å². The second-order valence-corrected chi connectivity index (χ2v) is 8.94. The van der Waals surface area contributed by atoms with Crippen LogP contribution in [0.25, 0.3) is 0 Å². The molecular formula is C18H23FN6O2S. The van der Waals surface area contributed by atoms with Gasteiger partial charge in [-0.3, -0.25) is 4.68 Å². The summed E-state index contributed by atoms with van der Waals surface area (Å²) in [4.78, 5) is 0. The van der Waals surface area contributed by atoms with Crippen molar-refractivity contribution in [2.45, 2.75) is 44.0 Å². The number of nitriles is 1. The quantitative estimate of drug-likeness (QED) is 0.580. The van der Waals surface area contributed by atoms with Crippen LogP contribution >= 0.6 is 0 Å². The molecule has 2 heterocycles. The Labute approximate surface area is 163 Å². The van der Waals surface area contributed by atoms with Crippen molar-refractivity contribution < 1.29 is 13.7 Å². The number of benzene rings is 1. The fourth-order valence-electron chi connectivity index (χ4n) is 3.39. The first kappa shape index (κ1) is 20.3. The van der Waals surface area contributed by atoms with Crippen LogP contribution in [-0.4, -0.2) is 25.1 Å². The zero-order valence-electron chi connectivity index (χ0n) is 15.9. The van der Waals surface area contributed by atoms with E-state index in [2.05, 4.69) is 15.1 Å². The van der Waals surface area contributed by atoms with Gasteiger partial charge in [0.2, 0.25) is 0 Å². The molecule has 0 bridgehead atoms. The van der Waals surface area contributed by atoms with Crippen LogP contribution in [0.4, 0.5) is 10.1 Å². The predicted molar refractivity (Wildman–Crippen MR) is 102 cm³/mol. The van der Waals surface area contributed by atoms with Crippen molar-refractivity contribution in [1.29, 1.82) is 10.0 Å². The van der Waals surface area contributed by atoms with Gasteiger partial charge in [-0.05, 0) is 37.0 Å². The normalized spacial score (nSPS) is 23.0. The number of halogens is 1. The summed E-state index contributed by atoms with van der Waals surface area (Å²) in [6, 6.07) is 5.52. The van der Waals surface area contributed by atoms with Crippen LogP contribution in [0, 0.1) is 27.8 Å². The molecule has 28 heavy (non-hydrogen) atoms. The van der Waals surface area contributed by atoms with Crippen LogP contribution in [0.5, 0.6) is 0 Å². The summed E-state index contributed by atoms with van der Waals surface area (Å²) in [5.41, 5.74) is 1.18. The molecule has 4 N–H and O–H groups in total. The van der Waals surface area contributed by atoms with Crippen LogP contribution in [0.3, 0.4) is 0 Å². The number of aryl methyl sites for hydroxylation is 1. The summed E-state index contributed by atoms with van der Waals surface area (Å²) in [5, 5.41) is 26.9. The third-order valence-electron chi connectivity index (χ3n) is 4.91. The number of rotatable bonds is 4. The molecule has 150 valence electrons. The molecule has 0 saturated carbocycles. The van der Waals surface area contributed by atoms with E-state index in [0.717, 1.165) is 6.07 Å². The molecule has 0 amide bonds. The van der Waals surface area contributed by atoms with Crippen LogP contribution in [0.2, 0.25) is 0 Å². The molecule has 10 heteroatoms. The molecule has 8 nitrogen and oxygen atoms in total. The summed E-state index contributed by atoms with van der Waals surface area (Å²) >= 11 is 0. The average Bonchev–Trinajstić information content (AvgIpc) is 2.90. The Hall–Kier alpha value is -2.48. The highest BCUT2D eigenvalue weighted by Gasteiger charge is 2.33. The zero-order chi connectivity index (χ0) is 20.6. The molecule has 1 aliphatic heterocycles. The van der Waals surface area contributed by atoms with Crippen molar-refractivity contribution in [3.63, 3.8) is 0 Å². The van der Waals surface area contributed by atoms with Gasteiger partial charge < -0.3 is 10.4 Å². The maximum atomic E-state index is 13.5. The summed E-state index contributed by atoms with van der Waals surface area (Å²) in [6.07, 6.45) is -0.0688. The molecule has 3 atom stereocenters. The van der Waals surface area contributed by atoms with Crippen molar-refractivity contribution in [2.75, 3.05) is 5.32 Å². The highest BCUT2D eigenvalue weighted by atomic mass is 32.2. The maximum absolute atomic E-state index is 13.5. The molecule has 3 rings (SSSR count). The highest BCUT2D eigenvalue weighted by molar-refractivity contribution is 7.90. The minimum absolute atomic E-state index is 0.0993. The summed E-state index contributed by atoms with van der Waals surface area (Å²) in [6.45, 7) is 3.99. The zero-order valence-corrected chi connectivity index (χ0v) is 16.7. The summed E-state index contributed by atoms with van der Waals surface area (Å²) < 4.78 is 39.0. The van der Waals surface area contributed by atoms with Gasteiger partial charge in [-0.15, -0.1) is 0 Å². The Morgan fingerprint density at radius 1 is 1.54 bits per heavy atom. The molecule has 1 aromatic heterocycles. The Morgan fingerprint density at radius 3 is 2.89 bits per heavy atom. The fourth-order valence-corrected chi connectivity index (χ4v) is 5.11. The fraction of sp³-hybridized carbons (Fsp3) is 0.444. The van der Waals surface area contributed by atoms with Gasteiger partial charge in [-0.2, -0.15) is 10.4 Å². The van der Waals surface area contributed by atoms with Gasteiger partial charge >= 0.3 is 0 Å². The molecule has 2 aromatic rings. The van der Waals surface area contributed by atoms with Gasteiger partial charge in [-0.25, -0.2) is 18.1 Å². The number of fused-ring (bicyclic) bond motifs is 1. The highest BCUT2D eigenvalue weighted by Crippen LogP contribution is 2.31. The van der Waals surface area contributed by atoms with Gasteiger partial charge in [0, 0.05) is 24.3 Å². The second kappa shape index (κ2) is 7.50. The lowest BCUT2D eigenvalue weighted by atomic mass is 9.97. The lowest BCUT2D eigenvalue weighted by molar-refractivity contribution is 0.196. The number of hydrogen-bond acceptors (Lipinski definition) is 6. The van der Waals surface area contributed by atoms with Crippen LogP contribution in [-0.2, 0) is 23.4 Å². The largest absolute Gasteiger partial charge is 0.368 e. The van der Waals surface area contributed by atoms with Gasteiger partial charge in [0.05, 0.1) is 11.3 Å². The Bertz CT molecular complexity index is 1040. The van der Waals surface area contributed by atoms with E-state index in [1.165, 1.54) is 16.8 Å². The molecule has 0 fully saturated rings. The first-order valence-corrected chi connectivity index (χ1v) is 10.5. The minimum atomic E-state index is -3.31. The van der Waals surface area contributed by atoms with E-state index in [9.17, 15) is 13.7 Å². The molecule has 0 spiro atoms. The summed E-state index contributed by atoms with van der Waals surface area (Å²) in [5.74, 6) is -0.448. The number of nitrogens with zero attached hydrogens (tertiary/aromatic N) is 3. The SMILES string of the molecule is CC(C)[C@H]1CCc2c(nn(C)c2C(O)Nc2ccc(F)c(C#N)c2)S(=N)(=O)N1. The molecule has 0 saturated heterocycles. The minimum Gasteiger partial charge on any atom is -0.368 e. The lowest BCUT2D eigenvalue weighted by Gasteiger charge is -2.20. The summed E-state index contributed by atoms with van der Waals surface area (Å²) in [7, 11) is -1.70. The smallest absolute Gasteiger partial charge is 0.175 e. The Balaban J connectivity index is 1.96. The number of hydrogen-bond donors (Lipinski definition) is 4. The number of anilines is 1. The monoisotopic (exact) mass is 406 g/mol. The second-order valence-electron chi connectivity index (χ2n) is 7.21. The van der Waals surface area contributed by atoms with Crippen LogP contribution in [0.15, 0.2) is 23.2 Å². The first-order chi connectivity index (χ1) is 13.1. The van der Waals surface area contributed by atoms with E-state index in [1.54, 1.807) is 13.1 Å². The van der Waals surface area contributed by atoms with Crippen molar-refractivity contribution in [2.24, 2.45) is 13.0 Å².